The molecule has 1 atom stereocenters. The minimum absolute atomic E-state index is 0.406. The van der Waals surface area contributed by atoms with E-state index < -0.39 is 14.0 Å². The van der Waals surface area contributed by atoms with Gasteiger partial charge in [-0.25, -0.2) is 0 Å². The van der Waals surface area contributed by atoms with Gasteiger partial charge in [-0.05, 0) is 0 Å². The summed E-state index contributed by atoms with van der Waals surface area (Å²) in [5.41, 5.74) is 0.812. The molecule has 1 unspecified atom stereocenters. The summed E-state index contributed by atoms with van der Waals surface area (Å²) in [4.78, 5) is 8.97. The van der Waals surface area contributed by atoms with Crippen molar-refractivity contribution in [2.45, 2.75) is 5.79 Å². The molecular weight excluding hydrogens is 251 g/mol. The summed E-state index contributed by atoms with van der Waals surface area (Å²) in [6.07, 6.45) is 0. The summed E-state index contributed by atoms with van der Waals surface area (Å²) >= 11 is 0. The predicted octanol–water partition coefficient (Wildman–Crippen LogP) is 2.28. The lowest BCUT2D eigenvalue weighted by Crippen LogP contribution is -2.28. The molecule has 94 valence electrons. The van der Waals surface area contributed by atoms with Gasteiger partial charge < -0.3 is 10.00 Å². The Balaban J connectivity index is 2.51. The Bertz CT molecular complexity index is 488. The van der Waals surface area contributed by atoms with Crippen LogP contribution in [-0.4, -0.2) is 10.00 Å². The SMILES string of the molecule is O=[PH](O)OC(O)(c1ccccc1)c1ccccc1. The molecule has 0 radical (unpaired) electrons. The van der Waals surface area contributed by atoms with Crippen molar-refractivity contribution in [3.05, 3.63) is 71.8 Å². The molecular formula is C13H13O4P. The monoisotopic (exact) mass is 264 g/mol. The van der Waals surface area contributed by atoms with E-state index in [1.54, 1.807) is 60.7 Å². The standard InChI is InChI=1S/C13H13O4P/c14-13(17-18(15)16,11-7-3-1-4-8-11)12-9-5-2-6-10-12/h1-10,14,18H,(H,15,16). The molecule has 18 heavy (non-hydrogen) atoms. The molecule has 0 aliphatic heterocycles. The van der Waals surface area contributed by atoms with E-state index in [0.717, 1.165) is 0 Å². The Kier molecular flexibility index (Phi) is 3.94. The van der Waals surface area contributed by atoms with Crippen LogP contribution in [0.25, 0.3) is 0 Å². The second kappa shape index (κ2) is 5.46. The topological polar surface area (TPSA) is 66.8 Å². The van der Waals surface area contributed by atoms with Gasteiger partial charge in [-0.15, -0.1) is 0 Å². The molecule has 0 bridgehead atoms. The maximum atomic E-state index is 11.0. The van der Waals surface area contributed by atoms with Crippen molar-refractivity contribution in [3.8, 4) is 0 Å². The lowest BCUT2D eigenvalue weighted by Gasteiger charge is -2.27. The summed E-state index contributed by atoms with van der Waals surface area (Å²) in [6, 6.07) is 17.0. The zero-order valence-corrected chi connectivity index (χ0v) is 10.5. The minimum Gasteiger partial charge on any atom is -0.358 e. The van der Waals surface area contributed by atoms with Crippen molar-refractivity contribution in [1.82, 2.24) is 0 Å². The fourth-order valence-corrected chi connectivity index (χ4v) is 2.23. The van der Waals surface area contributed by atoms with Gasteiger partial charge in [0.15, 0.2) is 0 Å². The molecule has 0 saturated carbocycles. The van der Waals surface area contributed by atoms with E-state index in [9.17, 15) is 9.67 Å². The molecule has 0 aliphatic carbocycles. The van der Waals surface area contributed by atoms with Gasteiger partial charge in [0.05, 0.1) is 0 Å². The lowest BCUT2D eigenvalue weighted by molar-refractivity contribution is -0.109. The van der Waals surface area contributed by atoms with Crippen molar-refractivity contribution in [3.63, 3.8) is 0 Å². The molecule has 0 spiro atoms. The molecule has 0 fully saturated rings. The van der Waals surface area contributed by atoms with Crippen LogP contribution >= 0.6 is 8.25 Å². The fraction of sp³-hybridized carbons (Fsp3) is 0.0769. The average Bonchev–Trinajstić information content (AvgIpc) is 2.40. The Morgan fingerprint density at radius 1 is 0.889 bits per heavy atom. The second-order valence-electron chi connectivity index (χ2n) is 3.74. The van der Waals surface area contributed by atoms with Gasteiger partial charge in [0.25, 0.3) is 0 Å². The molecule has 0 aliphatic rings. The molecule has 5 heteroatoms. The molecule has 2 N–H and O–H groups in total. The van der Waals surface area contributed by atoms with Crippen molar-refractivity contribution >= 4 is 8.25 Å². The van der Waals surface area contributed by atoms with Gasteiger partial charge in [0, 0.05) is 11.1 Å². The van der Waals surface area contributed by atoms with E-state index in [2.05, 4.69) is 0 Å². The van der Waals surface area contributed by atoms with E-state index in [4.69, 9.17) is 9.42 Å². The van der Waals surface area contributed by atoms with Crippen molar-refractivity contribution in [2.24, 2.45) is 0 Å². The molecule has 0 aromatic heterocycles. The van der Waals surface area contributed by atoms with E-state index in [0.29, 0.717) is 11.1 Å². The smallest absolute Gasteiger partial charge is 0.319 e. The third-order valence-electron chi connectivity index (χ3n) is 2.57. The first-order valence-electron chi connectivity index (χ1n) is 5.38. The van der Waals surface area contributed by atoms with Crippen LogP contribution in [0.5, 0.6) is 0 Å². The Hall–Kier alpha value is -1.45. The Morgan fingerprint density at radius 3 is 1.61 bits per heavy atom. The van der Waals surface area contributed by atoms with Gasteiger partial charge in [0.2, 0.25) is 5.79 Å². The van der Waals surface area contributed by atoms with Gasteiger partial charge in [0.1, 0.15) is 0 Å². The Labute approximate surface area is 105 Å². The van der Waals surface area contributed by atoms with E-state index >= 15 is 0 Å². The van der Waals surface area contributed by atoms with Crippen LogP contribution in [0.3, 0.4) is 0 Å². The largest absolute Gasteiger partial charge is 0.358 e. The van der Waals surface area contributed by atoms with Crippen molar-refractivity contribution in [2.75, 3.05) is 0 Å². The molecule has 0 heterocycles. The van der Waals surface area contributed by atoms with Gasteiger partial charge in [-0.1, -0.05) is 60.7 Å². The highest BCUT2D eigenvalue weighted by molar-refractivity contribution is 7.32. The maximum Gasteiger partial charge on any atom is 0.319 e. The normalized spacial score (nSPS) is 13.2. The zero-order valence-electron chi connectivity index (χ0n) is 9.48. The fourth-order valence-electron chi connectivity index (χ4n) is 1.74. The molecule has 0 amide bonds. The Morgan fingerprint density at radius 2 is 1.28 bits per heavy atom. The van der Waals surface area contributed by atoms with E-state index in [-0.39, 0.29) is 0 Å². The number of rotatable bonds is 4. The highest BCUT2D eigenvalue weighted by Gasteiger charge is 2.34. The molecule has 2 rings (SSSR count). The summed E-state index contributed by atoms with van der Waals surface area (Å²) < 4.78 is 15.8. The predicted molar refractivity (Wildman–Crippen MR) is 68.2 cm³/mol. The quantitative estimate of drug-likeness (QED) is 0.656. The molecule has 2 aromatic carbocycles. The number of benzene rings is 2. The van der Waals surface area contributed by atoms with Gasteiger partial charge in [-0.2, -0.15) is 0 Å². The molecule has 0 saturated heterocycles. The summed E-state index contributed by atoms with van der Waals surface area (Å²) in [5, 5.41) is 10.6. The zero-order chi connectivity index (χ0) is 13.0. The van der Waals surface area contributed by atoms with Gasteiger partial charge in [-0.3, -0.25) is 9.09 Å². The van der Waals surface area contributed by atoms with Crippen LogP contribution in [0.2, 0.25) is 0 Å². The number of hydrogen-bond donors (Lipinski definition) is 2. The summed E-state index contributed by atoms with van der Waals surface area (Å²) in [6.45, 7) is 0. The first kappa shape index (κ1) is 13.0. The third-order valence-corrected chi connectivity index (χ3v) is 3.04. The average molecular weight is 264 g/mol. The highest BCUT2D eigenvalue weighted by Crippen LogP contribution is 2.37. The van der Waals surface area contributed by atoms with Gasteiger partial charge >= 0.3 is 8.25 Å². The van der Waals surface area contributed by atoms with Crippen LogP contribution in [0.1, 0.15) is 11.1 Å². The first-order valence-corrected chi connectivity index (χ1v) is 6.64. The maximum absolute atomic E-state index is 11.0. The van der Waals surface area contributed by atoms with Crippen LogP contribution in [-0.2, 0) is 14.9 Å². The van der Waals surface area contributed by atoms with Crippen LogP contribution in [0.4, 0.5) is 0 Å². The van der Waals surface area contributed by atoms with E-state index in [1.807, 2.05) is 0 Å². The summed E-state index contributed by atoms with van der Waals surface area (Å²) in [7, 11) is -3.29. The minimum atomic E-state index is -3.29. The lowest BCUT2D eigenvalue weighted by atomic mass is 9.98. The first-order chi connectivity index (χ1) is 8.63. The third kappa shape index (κ3) is 2.68. The number of aliphatic hydroxyl groups is 1. The van der Waals surface area contributed by atoms with Crippen LogP contribution in [0.15, 0.2) is 60.7 Å². The number of hydrogen-bond acceptors (Lipinski definition) is 3. The molecule has 2 aromatic rings. The molecule has 4 nitrogen and oxygen atoms in total. The second-order valence-corrected chi connectivity index (χ2v) is 4.48. The van der Waals surface area contributed by atoms with Crippen molar-refractivity contribution < 1.29 is 19.1 Å². The van der Waals surface area contributed by atoms with Crippen molar-refractivity contribution in [1.29, 1.82) is 0 Å². The van der Waals surface area contributed by atoms with Crippen LogP contribution in [0, 0.1) is 0 Å². The van der Waals surface area contributed by atoms with Crippen LogP contribution < -0.4 is 0 Å². The highest BCUT2D eigenvalue weighted by atomic mass is 31.1. The summed E-state index contributed by atoms with van der Waals surface area (Å²) in [5.74, 6) is -1.91. The van der Waals surface area contributed by atoms with E-state index in [1.165, 1.54) is 0 Å².